The molecule has 1 unspecified atom stereocenters. The van der Waals surface area contributed by atoms with Crippen LogP contribution in [-0.4, -0.2) is 0 Å². The fraction of sp³-hybridized carbons (Fsp3) is 0.273. The summed E-state index contributed by atoms with van der Waals surface area (Å²) in [5, 5.41) is 4.20. The highest BCUT2D eigenvalue weighted by Gasteiger charge is 2.08. The number of nitrogens with two attached hydrogens (primary N) is 1. The van der Waals surface area contributed by atoms with E-state index >= 15 is 0 Å². The average molecular weight is 302 g/mol. The van der Waals surface area contributed by atoms with Crippen molar-refractivity contribution in [2.45, 2.75) is 18.9 Å². The van der Waals surface area contributed by atoms with Crippen molar-refractivity contribution >= 4 is 38.6 Å². The van der Waals surface area contributed by atoms with E-state index in [-0.39, 0.29) is 6.04 Å². The quantitative estimate of drug-likeness (QED) is 0.899. The zero-order valence-corrected chi connectivity index (χ0v) is 11.4. The van der Waals surface area contributed by atoms with Crippen molar-refractivity contribution in [3.05, 3.63) is 43.2 Å². The van der Waals surface area contributed by atoms with E-state index in [1.54, 1.807) is 22.7 Å². The summed E-state index contributed by atoms with van der Waals surface area (Å²) in [6.45, 7) is 0. The molecular weight excluding hydrogens is 290 g/mol. The maximum absolute atomic E-state index is 6.12. The predicted octanol–water partition coefficient (Wildman–Crippen LogP) is 4.20. The lowest BCUT2D eigenvalue weighted by Crippen LogP contribution is -2.09. The number of hydrogen-bond donors (Lipinski definition) is 1. The van der Waals surface area contributed by atoms with Crippen LogP contribution in [0.1, 0.15) is 22.2 Å². The molecule has 0 aliphatic heterocycles. The average Bonchev–Trinajstić information content (AvgIpc) is 2.84. The monoisotopic (exact) mass is 301 g/mol. The Bertz CT molecular complexity index is 408. The van der Waals surface area contributed by atoms with Gasteiger partial charge in [0.1, 0.15) is 0 Å². The first-order chi connectivity index (χ1) is 7.25. The molecule has 0 saturated heterocycles. The van der Waals surface area contributed by atoms with Gasteiger partial charge in [0, 0.05) is 25.6 Å². The molecule has 0 aliphatic rings. The standard InChI is InChI=1S/C11H12BrNS2/c12-8-6-11(15-7-8)10(13)4-3-9-2-1-5-14-9/h1-2,5-7,10H,3-4,13H2. The van der Waals surface area contributed by atoms with Crippen LogP contribution in [-0.2, 0) is 6.42 Å². The minimum Gasteiger partial charge on any atom is -0.323 e. The van der Waals surface area contributed by atoms with Crippen molar-refractivity contribution in [2.75, 3.05) is 0 Å². The zero-order chi connectivity index (χ0) is 10.7. The Morgan fingerprint density at radius 1 is 1.40 bits per heavy atom. The first kappa shape index (κ1) is 11.3. The fourth-order valence-electron chi connectivity index (χ4n) is 1.42. The van der Waals surface area contributed by atoms with E-state index in [1.807, 2.05) is 0 Å². The summed E-state index contributed by atoms with van der Waals surface area (Å²) in [7, 11) is 0. The van der Waals surface area contributed by atoms with Gasteiger partial charge in [-0.05, 0) is 46.3 Å². The van der Waals surface area contributed by atoms with Crippen LogP contribution in [0.2, 0.25) is 0 Å². The van der Waals surface area contributed by atoms with E-state index in [0.717, 1.165) is 17.3 Å². The molecular formula is C11H12BrNS2. The summed E-state index contributed by atoms with van der Waals surface area (Å²) < 4.78 is 1.13. The smallest absolute Gasteiger partial charge is 0.0393 e. The molecule has 0 aliphatic carbocycles. The Balaban J connectivity index is 1.90. The molecule has 0 spiro atoms. The summed E-state index contributed by atoms with van der Waals surface area (Å²) >= 11 is 6.98. The van der Waals surface area contributed by atoms with Gasteiger partial charge in [-0.1, -0.05) is 6.07 Å². The Kier molecular flexibility index (Phi) is 3.97. The van der Waals surface area contributed by atoms with Crippen LogP contribution in [0.3, 0.4) is 0 Å². The van der Waals surface area contributed by atoms with Crippen LogP contribution in [0, 0.1) is 0 Å². The minimum atomic E-state index is 0.170. The van der Waals surface area contributed by atoms with Gasteiger partial charge in [0.25, 0.3) is 0 Å². The lowest BCUT2D eigenvalue weighted by atomic mass is 10.1. The highest BCUT2D eigenvalue weighted by Crippen LogP contribution is 2.27. The predicted molar refractivity (Wildman–Crippen MR) is 71.6 cm³/mol. The zero-order valence-electron chi connectivity index (χ0n) is 8.15. The number of halogens is 1. The van der Waals surface area contributed by atoms with Gasteiger partial charge in [-0.2, -0.15) is 0 Å². The second kappa shape index (κ2) is 5.25. The number of thiophene rings is 2. The number of hydrogen-bond acceptors (Lipinski definition) is 3. The van der Waals surface area contributed by atoms with Gasteiger partial charge in [-0.3, -0.25) is 0 Å². The Labute approximate surface area is 106 Å². The molecule has 0 fully saturated rings. The highest BCUT2D eigenvalue weighted by molar-refractivity contribution is 9.10. The third-order valence-electron chi connectivity index (χ3n) is 2.24. The maximum atomic E-state index is 6.12. The Hall–Kier alpha value is -0.160. The number of rotatable bonds is 4. The van der Waals surface area contributed by atoms with E-state index in [9.17, 15) is 0 Å². The van der Waals surface area contributed by atoms with E-state index in [2.05, 4.69) is 44.9 Å². The molecule has 15 heavy (non-hydrogen) atoms. The largest absolute Gasteiger partial charge is 0.323 e. The van der Waals surface area contributed by atoms with Crippen LogP contribution < -0.4 is 5.73 Å². The molecule has 4 heteroatoms. The van der Waals surface area contributed by atoms with Gasteiger partial charge in [0.15, 0.2) is 0 Å². The van der Waals surface area contributed by atoms with Gasteiger partial charge >= 0.3 is 0 Å². The molecule has 2 aromatic heterocycles. The van der Waals surface area contributed by atoms with Crippen molar-refractivity contribution in [3.8, 4) is 0 Å². The van der Waals surface area contributed by atoms with E-state index < -0.39 is 0 Å². The van der Waals surface area contributed by atoms with E-state index in [0.29, 0.717) is 0 Å². The first-order valence-electron chi connectivity index (χ1n) is 4.77. The SMILES string of the molecule is NC(CCc1cccs1)c1cc(Br)cs1. The molecule has 2 rings (SSSR count). The third-order valence-corrected chi connectivity index (χ3v) is 5.00. The molecule has 0 amide bonds. The van der Waals surface area contributed by atoms with Crippen LogP contribution in [0.4, 0.5) is 0 Å². The number of aryl methyl sites for hydroxylation is 1. The highest BCUT2D eigenvalue weighted by atomic mass is 79.9. The van der Waals surface area contributed by atoms with E-state index in [1.165, 1.54) is 9.75 Å². The van der Waals surface area contributed by atoms with Crippen molar-refractivity contribution in [1.82, 2.24) is 0 Å². The van der Waals surface area contributed by atoms with Gasteiger partial charge in [0.2, 0.25) is 0 Å². The molecule has 2 N–H and O–H groups in total. The second-order valence-electron chi connectivity index (χ2n) is 3.39. The summed E-state index contributed by atoms with van der Waals surface area (Å²) in [5.74, 6) is 0. The lowest BCUT2D eigenvalue weighted by Gasteiger charge is -2.07. The molecule has 0 saturated carbocycles. The van der Waals surface area contributed by atoms with Crippen LogP contribution in [0.15, 0.2) is 33.4 Å². The van der Waals surface area contributed by atoms with E-state index in [4.69, 9.17) is 5.73 Å². The normalized spacial score (nSPS) is 12.9. The summed E-state index contributed by atoms with van der Waals surface area (Å²) in [6.07, 6.45) is 2.10. The molecule has 1 atom stereocenters. The topological polar surface area (TPSA) is 26.0 Å². The van der Waals surface area contributed by atoms with Gasteiger partial charge in [-0.25, -0.2) is 0 Å². The molecule has 2 aromatic rings. The summed E-state index contributed by atoms with van der Waals surface area (Å²) in [6, 6.07) is 6.54. The molecule has 2 heterocycles. The van der Waals surface area contributed by atoms with Crippen molar-refractivity contribution in [2.24, 2.45) is 5.73 Å². The Morgan fingerprint density at radius 2 is 2.27 bits per heavy atom. The van der Waals surface area contributed by atoms with Gasteiger partial charge < -0.3 is 5.73 Å². The van der Waals surface area contributed by atoms with Crippen molar-refractivity contribution in [3.63, 3.8) is 0 Å². The molecule has 0 bridgehead atoms. The second-order valence-corrected chi connectivity index (χ2v) is 6.28. The molecule has 0 radical (unpaired) electrons. The fourth-order valence-corrected chi connectivity index (χ4v) is 3.63. The summed E-state index contributed by atoms with van der Waals surface area (Å²) in [5.41, 5.74) is 6.12. The van der Waals surface area contributed by atoms with Crippen molar-refractivity contribution in [1.29, 1.82) is 0 Å². The first-order valence-corrected chi connectivity index (χ1v) is 7.33. The third kappa shape index (κ3) is 3.14. The van der Waals surface area contributed by atoms with Crippen LogP contribution in [0.5, 0.6) is 0 Å². The molecule has 0 aromatic carbocycles. The van der Waals surface area contributed by atoms with Crippen molar-refractivity contribution < 1.29 is 0 Å². The summed E-state index contributed by atoms with van der Waals surface area (Å²) in [4.78, 5) is 2.68. The van der Waals surface area contributed by atoms with Gasteiger partial charge in [-0.15, -0.1) is 22.7 Å². The maximum Gasteiger partial charge on any atom is 0.0393 e. The lowest BCUT2D eigenvalue weighted by molar-refractivity contribution is 0.666. The van der Waals surface area contributed by atoms with Crippen LogP contribution in [0.25, 0.3) is 0 Å². The Morgan fingerprint density at radius 3 is 2.87 bits per heavy atom. The van der Waals surface area contributed by atoms with Crippen LogP contribution >= 0.6 is 38.6 Å². The minimum absolute atomic E-state index is 0.170. The molecule has 1 nitrogen and oxygen atoms in total. The van der Waals surface area contributed by atoms with Gasteiger partial charge in [0.05, 0.1) is 0 Å². The molecule has 80 valence electrons.